The number of halogens is 4. The molecule has 4 rings (SSSR count). The molecule has 2 heterocycles. The van der Waals surface area contributed by atoms with Gasteiger partial charge < -0.3 is 9.80 Å². The topological polar surface area (TPSA) is 63.7 Å². The fourth-order valence-corrected chi connectivity index (χ4v) is 5.59. The molecule has 0 bridgehead atoms. The Morgan fingerprint density at radius 3 is 1.27 bits per heavy atom. The molecular weight excluding hydrogens is 732 g/mol. The molecule has 0 saturated carbocycles. The number of azo groups is 2. The molecule has 4 aromatic rings. The molecule has 0 saturated heterocycles. The van der Waals surface area contributed by atoms with Crippen molar-refractivity contribution in [2.45, 2.75) is 33.1 Å². The molecule has 8 nitrogen and oxygen atoms in total. The van der Waals surface area contributed by atoms with Crippen LogP contribution < -0.4 is 18.9 Å². The van der Waals surface area contributed by atoms with Gasteiger partial charge in [-0.1, -0.05) is 0 Å². The summed E-state index contributed by atoms with van der Waals surface area (Å²) < 4.78 is 3.94. The third-order valence-corrected chi connectivity index (χ3v) is 8.25. The summed E-state index contributed by atoms with van der Waals surface area (Å²) in [7, 11) is 20.8. The molecule has 2 aromatic carbocycles. The number of nitrogens with zero attached hydrogens (tertiary/aromatic N) is 8. The first kappa shape index (κ1) is 36.7. The van der Waals surface area contributed by atoms with E-state index in [0.717, 1.165) is 47.8 Å². The zero-order valence-electron chi connectivity index (χ0n) is 25.5. The van der Waals surface area contributed by atoms with E-state index in [1.165, 1.54) is 30.6 Å². The Bertz CT molecular complexity index is 1350. The third-order valence-electron chi connectivity index (χ3n) is 6.57. The van der Waals surface area contributed by atoms with Gasteiger partial charge in [-0.3, -0.25) is 0 Å². The van der Waals surface area contributed by atoms with E-state index in [4.69, 9.17) is 38.8 Å². The molecule has 0 amide bonds. The molecular formula is C29H38Cl4N8S2Zn. The van der Waals surface area contributed by atoms with Gasteiger partial charge in [0, 0.05) is 48.3 Å². The van der Waals surface area contributed by atoms with E-state index in [0.29, 0.717) is 0 Å². The predicted molar refractivity (Wildman–Crippen MR) is 185 cm³/mol. The molecule has 44 heavy (non-hydrogen) atoms. The number of thiazole rings is 2. The van der Waals surface area contributed by atoms with Gasteiger partial charge in [-0.15, -0.1) is 0 Å². The fraction of sp³-hybridized carbons (Fsp3) is 0.379. The molecule has 0 fully saturated rings. The van der Waals surface area contributed by atoms with Crippen LogP contribution in [0, 0.1) is 0 Å². The van der Waals surface area contributed by atoms with Crippen molar-refractivity contribution in [3.63, 3.8) is 0 Å². The zero-order chi connectivity index (χ0) is 32.0. The molecule has 236 valence electrons. The standard InChI is InChI=1S/C29H38N8S2.4ClH.Zn/c1-5-36(26-14-10-24(11-15-26)30-32-28-34(3)20-22-38-28)18-8-7-9-19-37(6-2)27-16-12-25(13-17-27)31-33-29-35(4)21-23-39-29;;;;;/h10-17,20-23H,5-9,18-19H2,1-4H3;4*1H;/q+2;;;;;+2/p-4. The summed E-state index contributed by atoms with van der Waals surface area (Å²) in [6.45, 7) is 8.51. The zero-order valence-corrected chi connectivity index (χ0v) is 33.1. The van der Waals surface area contributed by atoms with Gasteiger partial charge in [-0.2, -0.15) is 0 Å². The summed E-state index contributed by atoms with van der Waals surface area (Å²) in [5.74, 6) is 0. The van der Waals surface area contributed by atoms with E-state index in [1.807, 2.05) is 70.6 Å². The Kier molecular flexibility index (Phi) is 15.9. The number of hydrogen-bond acceptors (Lipinski definition) is 8. The van der Waals surface area contributed by atoms with E-state index in [1.54, 1.807) is 22.7 Å². The Morgan fingerprint density at radius 1 is 0.614 bits per heavy atom. The first-order chi connectivity index (χ1) is 21.1. The SMILES string of the molecule is CCN(CCCCCN(CC)c1ccc(N=Nc2scc[n+]2C)cc1)c1ccc(N=Nc2scc[n+]2C)cc1.[Cl][Zn-2]([Cl])([Cl])[Cl]. The molecule has 0 aliphatic carbocycles. The minimum absolute atomic E-state index is 0.871. The van der Waals surface area contributed by atoms with Crippen LogP contribution in [0.25, 0.3) is 0 Å². The van der Waals surface area contributed by atoms with Crippen molar-refractivity contribution < 1.29 is 19.9 Å². The molecule has 0 unspecified atom stereocenters. The molecule has 2 aromatic heterocycles. The molecule has 0 spiro atoms. The number of benzene rings is 2. The maximum atomic E-state index is 5.05. The number of unbranched alkanes of at least 4 members (excludes halogenated alkanes) is 2. The summed E-state index contributed by atoms with van der Waals surface area (Å²) in [5.41, 5.74) is 4.21. The third kappa shape index (κ3) is 13.3. The molecule has 15 heteroatoms. The maximum absolute atomic E-state index is 5.05. The van der Waals surface area contributed by atoms with E-state index in [-0.39, 0.29) is 0 Å². The van der Waals surface area contributed by atoms with Crippen LogP contribution in [-0.4, -0.2) is 26.2 Å². The molecule has 0 N–H and O–H groups in total. The Morgan fingerprint density at radius 2 is 0.977 bits per heavy atom. The monoisotopic (exact) mass is 766 g/mol. The van der Waals surface area contributed by atoms with Gasteiger partial charge in [0.15, 0.2) is 0 Å². The van der Waals surface area contributed by atoms with Crippen LogP contribution in [0.1, 0.15) is 33.1 Å². The van der Waals surface area contributed by atoms with Gasteiger partial charge in [0.25, 0.3) is 0 Å². The van der Waals surface area contributed by atoms with Crippen molar-refractivity contribution in [1.82, 2.24) is 0 Å². The molecule has 0 aliphatic heterocycles. The van der Waals surface area contributed by atoms with Crippen LogP contribution in [0.5, 0.6) is 0 Å². The van der Waals surface area contributed by atoms with Crippen LogP contribution in [0.2, 0.25) is 0 Å². The van der Waals surface area contributed by atoms with Crippen LogP contribution in [-0.2, 0) is 24.9 Å². The van der Waals surface area contributed by atoms with Crippen LogP contribution >= 0.6 is 61.4 Å². The first-order valence-corrected chi connectivity index (χ1v) is 31.9. The van der Waals surface area contributed by atoms with Crippen molar-refractivity contribution >= 4 is 94.5 Å². The van der Waals surface area contributed by atoms with Gasteiger partial charge >= 0.3 is 59.8 Å². The van der Waals surface area contributed by atoms with Crippen LogP contribution in [0.4, 0.5) is 33.0 Å². The average Bonchev–Trinajstić information content (AvgIpc) is 3.61. The van der Waals surface area contributed by atoms with Crippen molar-refractivity contribution in [3.8, 4) is 0 Å². The molecule has 0 radical (unpaired) electrons. The summed E-state index contributed by atoms with van der Waals surface area (Å²) in [4.78, 5) is 4.86. The van der Waals surface area contributed by atoms with Crippen molar-refractivity contribution in [3.05, 3.63) is 71.7 Å². The summed E-state index contributed by atoms with van der Waals surface area (Å²) >= 11 is 3.16. The van der Waals surface area contributed by atoms with Gasteiger partial charge in [-0.25, -0.2) is 9.13 Å². The first-order valence-electron chi connectivity index (χ1n) is 14.5. The summed E-state index contributed by atoms with van der Waals surface area (Å²) in [6, 6.07) is 16.8. The number of aromatic nitrogens is 2. The number of aryl methyl sites for hydroxylation is 2. The van der Waals surface area contributed by atoms with Gasteiger partial charge in [0.2, 0.25) is 0 Å². The molecule has 0 aliphatic rings. The van der Waals surface area contributed by atoms with Crippen molar-refractivity contribution in [1.29, 1.82) is 0 Å². The van der Waals surface area contributed by atoms with Crippen LogP contribution in [0.3, 0.4) is 0 Å². The van der Waals surface area contributed by atoms with E-state index < -0.39 is 10.8 Å². The summed E-state index contributed by atoms with van der Waals surface area (Å²) in [6.07, 6.45) is 7.50. The Hall–Kier alpha value is -1.72. The summed E-state index contributed by atoms with van der Waals surface area (Å²) in [5, 5.41) is 23.3. The number of rotatable bonds is 14. The van der Waals surface area contributed by atoms with E-state index >= 15 is 0 Å². The normalized spacial score (nSPS) is 11.6. The second kappa shape index (κ2) is 19.1. The van der Waals surface area contributed by atoms with Crippen LogP contribution in [0.15, 0.2) is 92.1 Å². The second-order valence-electron chi connectivity index (χ2n) is 9.85. The quantitative estimate of drug-likeness (QED) is 0.0555. The van der Waals surface area contributed by atoms with Crippen molar-refractivity contribution in [2.75, 3.05) is 36.0 Å². The van der Waals surface area contributed by atoms with Gasteiger partial charge in [-0.05, 0) is 115 Å². The molecule has 0 atom stereocenters. The average molecular weight is 770 g/mol. The van der Waals surface area contributed by atoms with E-state index in [9.17, 15) is 0 Å². The Labute approximate surface area is 287 Å². The fourth-order valence-electron chi connectivity index (χ4n) is 4.23. The van der Waals surface area contributed by atoms with Gasteiger partial charge in [0.05, 0.1) is 24.3 Å². The van der Waals surface area contributed by atoms with Crippen molar-refractivity contribution in [2.24, 2.45) is 34.6 Å². The van der Waals surface area contributed by atoms with E-state index in [2.05, 4.69) is 68.4 Å². The van der Waals surface area contributed by atoms with Gasteiger partial charge in [0.1, 0.15) is 23.8 Å². The number of anilines is 2. The second-order valence-corrected chi connectivity index (χ2v) is 39.3. The number of hydrogen-bond donors (Lipinski definition) is 0. The predicted octanol–water partition coefficient (Wildman–Crippen LogP) is 10.6. The minimum atomic E-state index is -3.36. The Balaban J connectivity index is 0.000000978.